The van der Waals surface area contributed by atoms with E-state index in [9.17, 15) is 9.90 Å². The van der Waals surface area contributed by atoms with Gasteiger partial charge in [0, 0.05) is 38.8 Å². The van der Waals surface area contributed by atoms with E-state index >= 15 is 0 Å². The average Bonchev–Trinajstić information content (AvgIpc) is 2.95. The summed E-state index contributed by atoms with van der Waals surface area (Å²) in [5, 5.41) is 13.6. The van der Waals surface area contributed by atoms with E-state index in [0.717, 1.165) is 27.6 Å². The van der Waals surface area contributed by atoms with Gasteiger partial charge in [0.1, 0.15) is 12.4 Å². The van der Waals surface area contributed by atoms with Crippen LogP contribution in [0.3, 0.4) is 0 Å². The minimum absolute atomic E-state index is 0. The zero-order valence-electron chi connectivity index (χ0n) is 21.8. The van der Waals surface area contributed by atoms with Crippen molar-refractivity contribution < 1.29 is 48.9 Å². The molecule has 5 rings (SSSR count). The molecule has 196 valence electrons. The fourth-order valence-corrected chi connectivity index (χ4v) is 4.57. The molecule has 0 fully saturated rings. The van der Waals surface area contributed by atoms with Crippen molar-refractivity contribution in [1.29, 1.82) is 0 Å². The van der Waals surface area contributed by atoms with Crippen LogP contribution in [-0.4, -0.2) is 22.5 Å². The molecular formula is C31H23Cl2N2NaO4. The molecule has 5 aromatic rings. The van der Waals surface area contributed by atoms with Crippen LogP contribution in [0.5, 0.6) is 11.6 Å². The van der Waals surface area contributed by atoms with Crippen LogP contribution in [0.25, 0.3) is 33.4 Å². The van der Waals surface area contributed by atoms with E-state index in [0.29, 0.717) is 46.1 Å². The maximum absolute atomic E-state index is 10.6. The van der Waals surface area contributed by atoms with Gasteiger partial charge in [0.05, 0.1) is 12.3 Å². The third-order valence-corrected chi connectivity index (χ3v) is 6.77. The first-order valence-corrected chi connectivity index (χ1v) is 13.1. The number of nitrogens with zero attached hydrogens (tertiary/aromatic N) is 2. The Morgan fingerprint density at radius 2 is 1.50 bits per heavy atom. The van der Waals surface area contributed by atoms with E-state index in [1.165, 1.54) is 0 Å². The molecule has 1 heterocycles. The fraction of sp³-hybridized carbons (Fsp3) is 0.129. The van der Waals surface area contributed by atoms with E-state index < -0.39 is 5.97 Å². The summed E-state index contributed by atoms with van der Waals surface area (Å²) in [4.78, 5) is 20.1. The molecule has 1 aromatic heterocycles. The van der Waals surface area contributed by atoms with Crippen LogP contribution in [-0.2, 0) is 11.4 Å². The fourth-order valence-electron chi connectivity index (χ4n) is 4.06. The molecule has 0 bridgehead atoms. The predicted octanol–water partition coefficient (Wildman–Crippen LogP) is 3.76. The van der Waals surface area contributed by atoms with E-state index in [1.54, 1.807) is 24.3 Å². The summed E-state index contributed by atoms with van der Waals surface area (Å²) in [6.45, 7) is 0.465. The van der Waals surface area contributed by atoms with Crippen LogP contribution in [0.4, 0.5) is 0 Å². The summed E-state index contributed by atoms with van der Waals surface area (Å²) in [7, 11) is 0. The Bertz CT molecular complexity index is 1610. The second-order valence-corrected chi connectivity index (χ2v) is 9.63. The van der Waals surface area contributed by atoms with Crippen LogP contribution < -0.4 is 44.1 Å². The first-order valence-electron chi connectivity index (χ1n) is 12.3. The maximum atomic E-state index is 10.6. The molecule has 0 unspecified atom stereocenters. The Hall–Kier alpha value is -3.13. The van der Waals surface area contributed by atoms with Gasteiger partial charge in [-0.05, 0) is 53.9 Å². The van der Waals surface area contributed by atoms with E-state index in [2.05, 4.69) is 0 Å². The molecular weight excluding hydrogens is 558 g/mol. The zero-order valence-corrected chi connectivity index (χ0v) is 25.3. The number of carbonyl (C=O) groups excluding carboxylic acids is 1. The minimum Gasteiger partial charge on any atom is -0.550 e. The number of carboxylic acid groups (broad SMARTS) is 1. The number of hydrogen-bond acceptors (Lipinski definition) is 6. The number of rotatable bonds is 10. The van der Waals surface area contributed by atoms with Gasteiger partial charge < -0.3 is 19.4 Å². The second kappa shape index (κ2) is 14.0. The molecule has 0 spiro atoms. The van der Waals surface area contributed by atoms with E-state index in [4.69, 9.17) is 42.6 Å². The average molecular weight is 581 g/mol. The molecule has 0 aliphatic rings. The number of benzene rings is 4. The Labute approximate surface area is 264 Å². The van der Waals surface area contributed by atoms with Crippen LogP contribution in [0.1, 0.15) is 18.4 Å². The van der Waals surface area contributed by atoms with Crippen molar-refractivity contribution in [2.24, 2.45) is 0 Å². The number of aromatic nitrogens is 2. The molecule has 0 atom stereocenters. The van der Waals surface area contributed by atoms with Crippen molar-refractivity contribution in [2.75, 3.05) is 6.61 Å². The quantitative estimate of drug-likeness (QED) is 0.185. The van der Waals surface area contributed by atoms with Crippen molar-refractivity contribution in [1.82, 2.24) is 9.97 Å². The zero-order chi connectivity index (χ0) is 27.2. The summed E-state index contributed by atoms with van der Waals surface area (Å²) in [6.07, 6.45) is 0.359. The molecule has 0 aliphatic carbocycles. The third kappa shape index (κ3) is 7.53. The molecule has 0 amide bonds. The number of ether oxygens (including phenoxy) is 2. The SMILES string of the molecule is O=C([O-])CCCOc1ccc2cc(-c3nc(OCc4c(Cl)cccc4Cl)cc(-c4ccccc4)n3)ccc2c1.[Na+]. The monoisotopic (exact) mass is 580 g/mol. The van der Waals surface area contributed by atoms with Crippen molar-refractivity contribution in [3.05, 3.63) is 107 Å². The Morgan fingerprint density at radius 3 is 2.25 bits per heavy atom. The Kier molecular flexibility index (Phi) is 10.4. The standard InChI is InChI=1S/C31H24Cl2N2O4.Na/c32-26-8-4-9-27(33)25(26)19-39-29-18-28(20-6-2-1-3-7-20)34-31(35-29)23-12-11-22-17-24(14-13-21(22)16-23)38-15-5-10-30(36)37;/h1-4,6-9,11-14,16-18H,5,10,15,19H2,(H,36,37);/q;+1/p-1. The van der Waals surface area contributed by atoms with Gasteiger partial charge in [0.15, 0.2) is 5.82 Å². The van der Waals surface area contributed by atoms with Crippen molar-refractivity contribution in [2.45, 2.75) is 19.4 Å². The predicted molar refractivity (Wildman–Crippen MR) is 151 cm³/mol. The first-order chi connectivity index (χ1) is 19.0. The second-order valence-electron chi connectivity index (χ2n) is 8.82. The number of fused-ring (bicyclic) bond motifs is 1. The third-order valence-electron chi connectivity index (χ3n) is 6.06. The molecule has 0 aliphatic heterocycles. The number of halogens is 2. The molecule has 40 heavy (non-hydrogen) atoms. The van der Waals surface area contributed by atoms with Crippen LogP contribution in [0, 0.1) is 0 Å². The van der Waals surface area contributed by atoms with Crippen molar-refractivity contribution in [3.8, 4) is 34.3 Å². The summed E-state index contributed by atoms with van der Waals surface area (Å²) in [5.41, 5.74) is 3.17. The number of hydrogen-bond donors (Lipinski definition) is 0. The van der Waals surface area contributed by atoms with Gasteiger partial charge >= 0.3 is 29.6 Å². The van der Waals surface area contributed by atoms with Gasteiger partial charge in [0.2, 0.25) is 5.88 Å². The van der Waals surface area contributed by atoms with Gasteiger partial charge in [-0.25, -0.2) is 4.98 Å². The van der Waals surface area contributed by atoms with Crippen LogP contribution in [0.15, 0.2) is 91.0 Å². The summed E-state index contributed by atoms with van der Waals surface area (Å²) < 4.78 is 11.8. The van der Waals surface area contributed by atoms with Crippen molar-refractivity contribution >= 4 is 39.9 Å². The molecule has 6 nitrogen and oxygen atoms in total. The molecule has 0 saturated heterocycles. The van der Waals surface area contributed by atoms with E-state index in [1.807, 2.05) is 66.7 Å². The Morgan fingerprint density at radius 1 is 0.775 bits per heavy atom. The first kappa shape index (κ1) is 29.8. The number of carboxylic acids is 1. The maximum Gasteiger partial charge on any atom is 1.00 e. The van der Waals surface area contributed by atoms with E-state index in [-0.39, 0.29) is 42.6 Å². The number of carbonyl (C=O) groups is 1. The van der Waals surface area contributed by atoms with Gasteiger partial charge in [0.25, 0.3) is 0 Å². The Balaban J connectivity index is 0.00000370. The van der Waals surface area contributed by atoms with Gasteiger partial charge in [-0.1, -0.05) is 77.8 Å². The molecule has 0 saturated carbocycles. The van der Waals surface area contributed by atoms with Gasteiger partial charge in [-0.2, -0.15) is 4.98 Å². The molecule has 0 radical (unpaired) electrons. The van der Waals surface area contributed by atoms with Crippen molar-refractivity contribution in [3.63, 3.8) is 0 Å². The normalized spacial score (nSPS) is 10.7. The topological polar surface area (TPSA) is 84.4 Å². The smallest absolute Gasteiger partial charge is 0.550 e. The molecule has 0 N–H and O–H groups in total. The van der Waals surface area contributed by atoms with Crippen LogP contribution in [0.2, 0.25) is 10.0 Å². The van der Waals surface area contributed by atoms with Crippen LogP contribution >= 0.6 is 23.2 Å². The number of aliphatic carboxylic acids is 1. The molecule has 9 heteroatoms. The largest absolute Gasteiger partial charge is 1.00 e. The summed E-state index contributed by atoms with van der Waals surface area (Å²) >= 11 is 12.7. The molecule has 4 aromatic carbocycles. The summed E-state index contributed by atoms with van der Waals surface area (Å²) in [5.74, 6) is 0.505. The van der Waals surface area contributed by atoms with Gasteiger partial charge in [-0.3, -0.25) is 0 Å². The summed E-state index contributed by atoms with van der Waals surface area (Å²) in [6, 6.07) is 28.6. The minimum atomic E-state index is -1.08. The van der Waals surface area contributed by atoms with Gasteiger partial charge in [-0.15, -0.1) is 0 Å².